The van der Waals surface area contributed by atoms with Crippen molar-refractivity contribution < 1.29 is 19.1 Å². The molecule has 1 atom stereocenters. The van der Waals surface area contributed by atoms with E-state index in [2.05, 4.69) is 10.3 Å². The Morgan fingerprint density at radius 3 is 2.57 bits per heavy atom. The van der Waals surface area contributed by atoms with Crippen LogP contribution in [-0.2, 0) is 4.79 Å². The normalized spacial score (nSPS) is 11.9. The highest BCUT2D eigenvalue weighted by Crippen LogP contribution is 2.24. The van der Waals surface area contributed by atoms with E-state index < -0.39 is 17.9 Å². The van der Waals surface area contributed by atoms with E-state index in [0.717, 1.165) is 0 Å². The zero-order valence-corrected chi connectivity index (χ0v) is 11.8. The number of aryl methyl sites for hydroxylation is 1. The monoisotopic (exact) mass is 288 g/mol. The fourth-order valence-electron chi connectivity index (χ4n) is 1.93. The molecular formula is C15H16N2O4. The molecule has 0 aliphatic rings. The molecule has 2 rings (SSSR count). The van der Waals surface area contributed by atoms with Gasteiger partial charge in [-0.25, -0.2) is 9.78 Å². The van der Waals surface area contributed by atoms with Crippen LogP contribution in [0.25, 0.3) is 11.3 Å². The number of benzene rings is 1. The van der Waals surface area contributed by atoms with Crippen molar-refractivity contribution >= 4 is 11.9 Å². The Bertz CT molecular complexity index is 649. The Kier molecular flexibility index (Phi) is 4.37. The van der Waals surface area contributed by atoms with Gasteiger partial charge in [0, 0.05) is 12.5 Å². The third kappa shape index (κ3) is 3.28. The summed E-state index contributed by atoms with van der Waals surface area (Å²) in [5.74, 6) is -0.944. The molecule has 2 N–H and O–H groups in total. The quantitative estimate of drug-likeness (QED) is 0.880. The number of carbonyl (C=O) groups excluding carboxylic acids is 1. The van der Waals surface area contributed by atoms with Crippen LogP contribution >= 0.6 is 0 Å². The molecule has 6 nitrogen and oxygen atoms in total. The first-order valence-electron chi connectivity index (χ1n) is 6.59. The van der Waals surface area contributed by atoms with Crippen molar-refractivity contribution in [3.05, 3.63) is 41.9 Å². The molecule has 0 aliphatic carbocycles. The summed E-state index contributed by atoms with van der Waals surface area (Å²) in [4.78, 5) is 27.3. The predicted molar refractivity (Wildman–Crippen MR) is 75.9 cm³/mol. The average Bonchev–Trinajstić information content (AvgIpc) is 2.87. The Morgan fingerprint density at radius 2 is 2.00 bits per heavy atom. The first-order valence-corrected chi connectivity index (χ1v) is 6.59. The number of rotatable bonds is 5. The topological polar surface area (TPSA) is 92.4 Å². The van der Waals surface area contributed by atoms with E-state index in [4.69, 9.17) is 9.52 Å². The van der Waals surface area contributed by atoms with Crippen molar-refractivity contribution in [3.8, 4) is 11.3 Å². The molecule has 0 radical (unpaired) electrons. The van der Waals surface area contributed by atoms with E-state index in [9.17, 15) is 9.59 Å². The fraction of sp³-hybridized carbons (Fsp3) is 0.267. The molecule has 0 saturated heterocycles. The Hall–Kier alpha value is -2.63. The van der Waals surface area contributed by atoms with Crippen LogP contribution in [0.1, 0.15) is 29.7 Å². The zero-order chi connectivity index (χ0) is 15.4. The highest BCUT2D eigenvalue weighted by atomic mass is 16.4. The van der Waals surface area contributed by atoms with E-state index in [-0.39, 0.29) is 5.69 Å². The van der Waals surface area contributed by atoms with Gasteiger partial charge in [0.2, 0.25) is 0 Å². The van der Waals surface area contributed by atoms with Gasteiger partial charge in [-0.15, -0.1) is 0 Å². The van der Waals surface area contributed by atoms with E-state index >= 15 is 0 Å². The highest BCUT2D eigenvalue weighted by molar-refractivity contribution is 5.99. The lowest BCUT2D eigenvalue weighted by Crippen LogP contribution is -2.40. The molecule has 0 saturated carbocycles. The van der Waals surface area contributed by atoms with Gasteiger partial charge in [0.15, 0.2) is 17.3 Å². The standard InChI is InChI=1S/C15H16N2O4/c1-3-11(15(19)20)17-14(18)12-13(21-9(2)16-12)10-7-5-4-6-8-10/h4-8,11H,3H2,1-2H3,(H,17,18)(H,19,20). The first-order chi connectivity index (χ1) is 10.0. The maximum Gasteiger partial charge on any atom is 0.326 e. The summed E-state index contributed by atoms with van der Waals surface area (Å²) in [5.41, 5.74) is 0.810. The number of aromatic nitrogens is 1. The molecule has 1 unspecified atom stereocenters. The molecule has 1 aromatic carbocycles. The predicted octanol–water partition coefficient (Wildman–Crippen LogP) is 2.24. The minimum absolute atomic E-state index is 0.0957. The average molecular weight is 288 g/mol. The van der Waals surface area contributed by atoms with Crippen molar-refractivity contribution in [2.75, 3.05) is 0 Å². The van der Waals surface area contributed by atoms with Gasteiger partial charge in [-0.05, 0) is 6.42 Å². The molecule has 2 aromatic rings. The third-order valence-electron chi connectivity index (χ3n) is 3.00. The number of amides is 1. The summed E-state index contributed by atoms with van der Waals surface area (Å²) in [5, 5.41) is 11.4. The number of nitrogens with one attached hydrogen (secondary N) is 1. The Labute approximate surface area is 121 Å². The number of oxazole rings is 1. The molecule has 110 valence electrons. The largest absolute Gasteiger partial charge is 0.480 e. The number of carboxylic acids is 1. The Balaban J connectivity index is 2.32. The molecule has 6 heteroatoms. The second kappa shape index (κ2) is 6.21. The van der Waals surface area contributed by atoms with Gasteiger partial charge in [-0.1, -0.05) is 37.3 Å². The van der Waals surface area contributed by atoms with Gasteiger partial charge in [-0.2, -0.15) is 0 Å². The minimum atomic E-state index is -1.08. The molecule has 0 fully saturated rings. The first kappa shape index (κ1) is 14.8. The smallest absolute Gasteiger partial charge is 0.326 e. The van der Waals surface area contributed by atoms with Crippen LogP contribution in [0.3, 0.4) is 0 Å². The van der Waals surface area contributed by atoms with Crippen LogP contribution < -0.4 is 5.32 Å². The molecule has 1 heterocycles. The fourth-order valence-corrected chi connectivity index (χ4v) is 1.93. The van der Waals surface area contributed by atoms with Gasteiger partial charge in [0.1, 0.15) is 6.04 Å². The molecule has 0 aliphatic heterocycles. The van der Waals surface area contributed by atoms with E-state index in [1.54, 1.807) is 26.0 Å². The molecule has 0 bridgehead atoms. The van der Waals surface area contributed by atoms with Crippen molar-refractivity contribution in [1.82, 2.24) is 10.3 Å². The number of hydrogen-bond acceptors (Lipinski definition) is 4. The van der Waals surface area contributed by atoms with Gasteiger partial charge < -0.3 is 14.8 Å². The number of nitrogens with zero attached hydrogens (tertiary/aromatic N) is 1. The van der Waals surface area contributed by atoms with E-state index in [1.165, 1.54) is 0 Å². The van der Waals surface area contributed by atoms with Gasteiger partial charge in [0.25, 0.3) is 5.91 Å². The van der Waals surface area contributed by atoms with Crippen molar-refractivity contribution in [2.45, 2.75) is 26.3 Å². The number of carbonyl (C=O) groups is 2. The summed E-state index contributed by atoms with van der Waals surface area (Å²) in [6.45, 7) is 3.32. The van der Waals surface area contributed by atoms with Gasteiger partial charge in [-0.3, -0.25) is 4.79 Å². The van der Waals surface area contributed by atoms with Crippen LogP contribution in [-0.4, -0.2) is 28.0 Å². The van der Waals surface area contributed by atoms with E-state index in [1.807, 2.05) is 18.2 Å². The van der Waals surface area contributed by atoms with E-state index in [0.29, 0.717) is 23.6 Å². The molecule has 21 heavy (non-hydrogen) atoms. The van der Waals surface area contributed by atoms with Crippen LogP contribution in [0.5, 0.6) is 0 Å². The maximum absolute atomic E-state index is 12.2. The summed E-state index contributed by atoms with van der Waals surface area (Å²) in [6.07, 6.45) is 0.290. The maximum atomic E-state index is 12.2. The lowest BCUT2D eigenvalue weighted by atomic mass is 10.1. The second-order valence-corrected chi connectivity index (χ2v) is 4.55. The molecule has 1 amide bonds. The summed E-state index contributed by atoms with van der Waals surface area (Å²) in [6, 6.07) is 8.14. The van der Waals surface area contributed by atoms with Gasteiger partial charge >= 0.3 is 5.97 Å². The summed E-state index contributed by atoms with van der Waals surface area (Å²) in [7, 11) is 0. The van der Waals surface area contributed by atoms with Crippen LogP contribution in [0.2, 0.25) is 0 Å². The SMILES string of the molecule is CCC(NC(=O)c1nc(C)oc1-c1ccccc1)C(=O)O. The lowest BCUT2D eigenvalue weighted by molar-refractivity contribution is -0.139. The van der Waals surface area contributed by atoms with Crippen LogP contribution in [0.15, 0.2) is 34.7 Å². The summed E-state index contributed by atoms with van der Waals surface area (Å²) >= 11 is 0. The lowest BCUT2D eigenvalue weighted by Gasteiger charge is -2.11. The van der Waals surface area contributed by atoms with Gasteiger partial charge in [0.05, 0.1) is 0 Å². The van der Waals surface area contributed by atoms with Crippen LogP contribution in [0, 0.1) is 6.92 Å². The third-order valence-corrected chi connectivity index (χ3v) is 3.00. The number of carboxylic acid groups (broad SMARTS) is 1. The van der Waals surface area contributed by atoms with Crippen molar-refractivity contribution in [3.63, 3.8) is 0 Å². The molecular weight excluding hydrogens is 272 g/mol. The van der Waals surface area contributed by atoms with Crippen molar-refractivity contribution in [2.24, 2.45) is 0 Å². The Morgan fingerprint density at radius 1 is 1.33 bits per heavy atom. The zero-order valence-electron chi connectivity index (χ0n) is 11.8. The summed E-state index contributed by atoms with van der Waals surface area (Å²) < 4.78 is 5.48. The minimum Gasteiger partial charge on any atom is -0.480 e. The second-order valence-electron chi connectivity index (χ2n) is 4.55. The van der Waals surface area contributed by atoms with Crippen molar-refractivity contribution in [1.29, 1.82) is 0 Å². The number of hydrogen-bond donors (Lipinski definition) is 2. The number of aliphatic carboxylic acids is 1. The molecule has 1 aromatic heterocycles. The highest BCUT2D eigenvalue weighted by Gasteiger charge is 2.24. The molecule has 0 spiro atoms. The van der Waals surface area contributed by atoms with Crippen LogP contribution in [0.4, 0.5) is 0 Å².